The molecule has 1 rings (SSSR count). The highest BCUT2D eigenvalue weighted by atomic mass is 16.2. The zero-order valence-corrected chi connectivity index (χ0v) is 6.30. The summed E-state index contributed by atoms with van der Waals surface area (Å²) in [6.45, 7) is 0.669. The van der Waals surface area contributed by atoms with Crippen LogP contribution in [0.25, 0.3) is 0 Å². The molecule has 0 spiro atoms. The lowest BCUT2D eigenvalue weighted by Crippen LogP contribution is -2.27. The fourth-order valence-corrected chi connectivity index (χ4v) is 1.22. The van der Waals surface area contributed by atoms with Gasteiger partial charge in [-0.05, 0) is 12.8 Å². The summed E-state index contributed by atoms with van der Waals surface area (Å²) in [4.78, 5) is 21.6. The normalized spacial score (nSPS) is 25.5. The maximum Gasteiger partial charge on any atom is 0.221 e. The van der Waals surface area contributed by atoms with E-state index in [0.717, 1.165) is 12.8 Å². The van der Waals surface area contributed by atoms with Crippen LogP contribution in [0.2, 0.25) is 0 Å². The number of amides is 2. The van der Waals surface area contributed by atoms with Crippen LogP contribution in [0.4, 0.5) is 0 Å². The van der Waals surface area contributed by atoms with E-state index in [1.54, 1.807) is 0 Å². The van der Waals surface area contributed by atoms with E-state index in [9.17, 15) is 9.59 Å². The quantitative estimate of drug-likeness (QED) is 0.531. The van der Waals surface area contributed by atoms with E-state index in [1.165, 1.54) is 0 Å². The molecule has 1 unspecified atom stereocenters. The molecule has 0 aliphatic carbocycles. The third-order valence-corrected chi connectivity index (χ3v) is 1.89. The summed E-state index contributed by atoms with van der Waals surface area (Å²) < 4.78 is 0. The number of carbonyl (C=O) groups excluding carboxylic acids is 2. The van der Waals surface area contributed by atoms with E-state index in [1.807, 2.05) is 0 Å². The maximum absolute atomic E-state index is 10.9. The molecular formula is C7H12N2O2. The van der Waals surface area contributed by atoms with Gasteiger partial charge >= 0.3 is 0 Å². The Morgan fingerprint density at radius 1 is 1.64 bits per heavy atom. The Morgan fingerprint density at radius 3 is 3.00 bits per heavy atom. The summed E-state index contributed by atoms with van der Waals surface area (Å²) in [7, 11) is 0. The van der Waals surface area contributed by atoms with Gasteiger partial charge in [-0.25, -0.2) is 0 Å². The third kappa shape index (κ3) is 2.22. The highest BCUT2D eigenvalue weighted by molar-refractivity contribution is 5.85. The van der Waals surface area contributed by atoms with Gasteiger partial charge < -0.3 is 11.1 Å². The van der Waals surface area contributed by atoms with Crippen LogP contribution >= 0.6 is 0 Å². The number of hydrogen-bond donors (Lipinski definition) is 2. The van der Waals surface area contributed by atoms with Crippen LogP contribution in [0.1, 0.15) is 19.3 Å². The first-order valence-electron chi connectivity index (χ1n) is 3.76. The van der Waals surface area contributed by atoms with Crippen molar-refractivity contribution in [1.29, 1.82) is 0 Å². The van der Waals surface area contributed by atoms with E-state index in [2.05, 4.69) is 5.32 Å². The van der Waals surface area contributed by atoms with Gasteiger partial charge in [0, 0.05) is 18.9 Å². The maximum atomic E-state index is 10.9. The number of hydrogen-bond acceptors (Lipinski definition) is 2. The van der Waals surface area contributed by atoms with Gasteiger partial charge in [-0.2, -0.15) is 0 Å². The van der Waals surface area contributed by atoms with Crippen molar-refractivity contribution >= 4 is 11.8 Å². The first-order chi connectivity index (χ1) is 5.20. The molecule has 62 valence electrons. The van der Waals surface area contributed by atoms with Crippen molar-refractivity contribution in [3.05, 3.63) is 0 Å². The van der Waals surface area contributed by atoms with E-state index < -0.39 is 0 Å². The van der Waals surface area contributed by atoms with Gasteiger partial charge in [-0.1, -0.05) is 0 Å². The average molecular weight is 156 g/mol. The summed E-state index contributed by atoms with van der Waals surface area (Å²) in [6.07, 6.45) is 1.84. The molecule has 0 radical (unpaired) electrons. The average Bonchev–Trinajstić information content (AvgIpc) is 2.13. The Balaban J connectivity index is 2.52. The zero-order valence-electron chi connectivity index (χ0n) is 6.30. The standard InChI is InChI=1S/C7H12N2O2/c8-7(11)5-2-1-3-9-6(10)4-5/h5H,1-4H2,(H2,8,11)(H,9,10). The monoisotopic (exact) mass is 156 g/mol. The predicted molar refractivity (Wildman–Crippen MR) is 39.5 cm³/mol. The highest BCUT2D eigenvalue weighted by Gasteiger charge is 2.21. The van der Waals surface area contributed by atoms with Gasteiger partial charge in [0.1, 0.15) is 0 Å². The summed E-state index contributed by atoms with van der Waals surface area (Å²) in [5.74, 6) is -0.675. The van der Waals surface area contributed by atoms with Crippen LogP contribution in [0.15, 0.2) is 0 Å². The van der Waals surface area contributed by atoms with E-state index in [-0.39, 0.29) is 24.2 Å². The molecule has 1 saturated heterocycles. The molecule has 3 N–H and O–H groups in total. The minimum Gasteiger partial charge on any atom is -0.369 e. The first kappa shape index (κ1) is 8.04. The lowest BCUT2D eigenvalue weighted by Gasteiger charge is -2.05. The topological polar surface area (TPSA) is 72.2 Å². The zero-order chi connectivity index (χ0) is 8.27. The van der Waals surface area contributed by atoms with Crippen molar-refractivity contribution in [2.24, 2.45) is 11.7 Å². The van der Waals surface area contributed by atoms with Crippen LogP contribution in [0.5, 0.6) is 0 Å². The molecular weight excluding hydrogens is 144 g/mol. The van der Waals surface area contributed by atoms with Gasteiger partial charge in [0.25, 0.3) is 0 Å². The largest absolute Gasteiger partial charge is 0.369 e. The number of primary amides is 1. The lowest BCUT2D eigenvalue weighted by atomic mass is 10.0. The van der Waals surface area contributed by atoms with Crippen molar-refractivity contribution in [3.8, 4) is 0 Å². The summed E-state index contributed by atoms with van der Waals surface area (Å²) in [6, 6.07) is 0. The van der Waals surface area contributed by atoms with Crippen LogP contribution in [-0.2, 0) is 9.59 Å². The van der Waals surface area contributed by atoms with Crippen LogP contribution in [-0.4, -0.2) is 18.4 Å². The number of carbonyl (C=O) groups is 2. The third-order valence-electron chi connectivity index (χ3n) is 1.89. The molecule has 0 aromatic heterocycles. The summed E-state index contributed by atoms with van der Waals surface area (Å²) in [5, 5.41) is 2.68. The second-order valence-corrected chi connectivity index (χ2v) is 2.80. The smallest absolute Gasteiger partial charge is 0.221 e. The Labute approximate surface area is 65.1 Å². The summed E-state index contributed by atoms with van der Waals surface area (Å²) in [5.41, 5.74) is 5.08. The Morgan fingerprint density at radius 2 is 2.36 bits per heavy atom. The molecule has 11 heavy (non-hydrogen) atoms. The molecule has 1 aliphatic heterocycles. The van der Waals surface area contributed by atoms with Gasteiger partial charge in [0.2, 0.25) is 11.8 Å². The second kappa shape index (κ2) is 3.37. The minimum absolute atomic E-state index is 0.0636. The van der Waals surface area contributed by atoms with Gasteiger partial charge in [-0.15, -0.1) is 0 Å². The minimum atomic E-state index is -0.359. The predicted octanol–water partition coefficient (Wildman–Crippen LogP) is -0.612. The van der Waals surface area contributed by atoms with Gasteiger partial charge in [0.15, 0.2) is 0 Å². The second-order valence-electron chi connectivity index (χ2n) is 2.80. The molecule has 0 bridgehead atoms. The number of nitrogens with two attached hydrogens (primary N) is 1. The molecule has 4 nitrogen and oxygen atoms in total. The Hall–Kier alpha value is -1.06. The lowest BCUT2D eigenvalue weighted by molar-refractivity contribution is -0.127. The molecule has 0 aromatic rings. The summed E-state index contributed by atoms with van der Waals surface area (Å²) >= 11 is 0. The first-order valence-corrected chi connectivity index (χ1v) is 3.76. The van der Waals surface area contributed by atoms with E-state index in [0.29, 0.717) is 6.54 Å². The molecule has 1 fully saturated rings. The van der Waals surface area contributed by atoms with Crippen molar-refractivity contribution < 1.29 is 9.59 Å². The highest BCUT2D eigenvalue weighted by Crippen LogP contribution is 2.12. The molecule has 1 aliphatic rings. The van der Waals surface area contributed by atoms with Crippen LogP contribution in [0, 0.1) is 5.92 Å². The van der Waals surface area contributed by atoms with E-state index >= 15 is 0 Å². The molecule has 0 saturated carbocycles. The van der Waals surface area contributed by atoms with E-state index in [4.69, 9.17) is 5.73 Å². The molecule has 1 heterocycles. The molecule has 1 atom stereocenters. The Kier molecular flexibility index (Phi) is 2.46. The van der Waals surface area contributed by atoms with Crippen molar-refractivity contribution in [2.75, 3.05) is 6.54 Å². The number of rotatable bonds is 1. The molecule has 4 heteroatoms. The van der Waals surface area contributed by atoms with Gasteiger partial charge in [-0.3, -0.25) is 9.59 Å². The molecule has 0 aromatic carbocycles. The fraction of sp³-hybridized carbons (Fsp3) is 0.714. The van der Waals surface area contributed by atoms with Crippen molar-refractivity contribution in [1.82, 2.24) is 5.32 Å². The Bertz CT molecular complexity index is 179. The van der Waals surface area contributed by atoms with Crippen molar-refractivity contribution in [2.45, 2.75) is 19.3 Å². The number of nitrogens with one attached hydrogen (secondary N) is 1. The van der Waals surface area contributed by atoms with Gasteiger partial charge in [0.05, 0.1) is 0 Å². The SMILES string of the molecule is NC(=O)C1CCCNC(=O)C1. The fourth-order valence-electron chi connectivity index (χ4n) is 1.22. The molecule has 2 amide bonds. The van der Waals surface area contributed by atoms with Crippen LogP contribution < -0.4 is 11.1 Å². The van der Waals surface area contributed by atoms with Crippen LogP contribution in [0.3, 0.4) is 0 Å². The van der Waals surface area contributed by atoms with Crippen molar-refractivity contribution in [3.63, 3.8) is 0 Å².